The van der Waals surface area contributed by atoms with Crippen molar-refractivity contribution in [2.24, 2.45) is 4.99 Å². The fourth-order valence-electron chi connectivity index (χ4n) is 4.15. The molecule has 0 bridgehead atoms. The standard InChI is InChI=1S/C22H18N2/c1-2-20-18-13-19-17-10-6-7-11-21(17)24(16-8-4-3-5-9-16)22(19)12-15(18)14-23-20/h2-12,19H,1,13-14H2. The molecule has 1 atom stereocenters. The third kappa shape index (κ3) is 1.80. The molecular weight excluding hydrogens is 292 g/mol. The molecule has 24 heavy (non-hydrogen) atoms. The summed E-state index contributed by atoms with van der Waals surface area (Å²) >= 11 is 0. The van der Waals surface area contributed by atoms with Gasteiger partial charge in [0.05, 0.1) is 12.3 Å². The Morgan fingerprint density at radius 3 is 2.67 bits per heavy atom. The molecule has 2 heterocycles. The van der Waals surface area contributed by atoms with Crippen molar-refractivity contribution in [3.05, 3.63) is 95.7 Å². The van der Waals surface area contributed by atoms with Gasteiger partial charge in [-0.05, 0) is 53.5 Å². The molecule has 2 aromatic carbocycles. The van der Waals surface area contributed by atoms with Gasteiger partial charge in [-0.15, -0.1) is 0 Å². The normalized spacial score (nSPS) is 21.0. The van der Waals surface area contributed by atoms with Gasteiger partial charge in [0.2, 0.25) is 0 Å². The Balaban J connectivity index is 1.70. The second kappa shape index (κ2) is 5.07. The van der Waals surface area contributed by atoms with Gasteiger partial charge in [0.15, 0.2) is 0 Å². The van der Waals surface area contributed by atoms with Crippen LogP contribution in [0.1, 0.15) is 17.9 Å². The monoisotopic (exact) mass is 310 g/mol. The van der Waals surface area contributed by atoms with Crippen LogP contribution in [0.3, 0.4) is 0 Å². The first-order valence-electron chi connectivity index (χ1n) is 8.42. The third-order valence-electron chi connectivity index (χ3n) is 5.22. The highest BCUT2D eigenvalue weighted by Gasteiger charge is 2.38. The van der Waals surface area contributed by atoms with Crippen molar-refractivity contribution in [3.63, 3.8) is 0 Å². The van der Waals surface area contributed by atoms with Gasteiger partial charge in [-0.2, -0.15) is 0 Å². The predicted octanol–water partition coefficient (Wildman–Crippen LogP) is 5.15. The van der Waals surface area contributed by atoms with Gasteiger partial charge in [0, 0.05) is 23.0 Å². The van der Waals surface area contributed by atoms with E-state index in [9.17, 15) is 0 Å². The number of hydrogen-bond donors (Lipinski definition) is 0. The smallest absolute Gasteiger partial charge is 0.0651 e. The van der Waals surface area contributed by atoms with E-state index in [0.29, 0.717) is 5.92 Å². The largest absolute Gasteiger partial charge is 0.313 e. The molecule has 2 aromatic rings. The van der Waals surface area contributed by atoms with E-state index < -0.39 is 0 Å². The highest BCUT2D eigenvalue weighted by Crippen LogP contribution is 2.52. The number of rotatable bonds is 2. The van der Waals surface area contributed by atoms with Crippen molar-refractivity contribution in [2.75, 3.05) is 11.4 Å². The Morgan fingerprint density at radius 2 is 1.83 bits per heavy atom. The molecule has 0 aromatic heterocycles. The van der Waals surface area contributed by atoms with Crippen molar-refractivity contribution in [1.82, 2.24) is 0 Å². The second-order valence-corrected chi connectivity index (χ2v) is 6.47. The van der Waals surface area contributed by atoms with E-state index in [0.717, 1.165) is 18.7 Å². The summed E-state index contributed by atoms with van der Waals surface area (Å²) in [6.07, 6.45) is 5.28. The molecule has 3 aliphatic rings. The summed E-state index contributed by atoms with van der Waals surface area (Å²) in [5.41, 5.74) is 9.13. The molecule has 2 aliphatic heterocycles. The number of fused-ring (bicyclic) bond motifs is 3. The Bertz CT molecular complexity index is 931. The van der Waals surface area contributed by atoms with Crippen molar-refractivity contribution >= 4 is 17.1 Å². The van der Waals surface area contributed by atoms with Crippen LogP contribution in [-0.4, -0.2) is 12.3 Å². The zero-order chi connectivity index (χ0) is 16.1. The number of aliphatic imine (C=N–C) groups is 1. The van der Waals surface area contributed by atoms with Crippen molar-refractivity contribution < 1.29 is 0 Å². The van der Waals surface area contributed by atoms with E-state index in [2.05, 4.69) is 77.1 Å². The third-order valence-corrected chi connectivity index (χ3v) is 5.22. The van der Waals surface area contributed by atoms with Crippen LogP contribution in [0.5, 0.6) is 0 Å². The van der Waals surface area contributed by atoms with Crippen molar-refractivity contribution in [1.29, 1.82) is 0 Å². The van der Waals surface area contributed by atoms with Crippen LogP contribution in [0.4, 0.5) is 11.4 Å². The molecule has 0 saturated heterocycles. The lowest BCUT2D eigenvalue weighted by atomic mass is 9.83. The lowest BCUT2D eigenvalue weighted by Gasteiger charge is -2.27. The van der Waals surface area contributed by atoms with Gasteiger partial charge >= 0.3 is 0 Å². The van der Waals surface area contributed by atoms with E-state index >= 15 is 0 Å². The van der Waals surface area contributed by atoms with Gasteiger partial charge in [-0.1, -0.05) is 43.0 Å². The maximum Gasteiger partial charge on any atom is 0.0651 e. The molecule has 0 N–H and O–H groups in total. The summed E-state index contributed by atoms with van der Waals surface area (Å²) < 4.78 is 0. The summed E-state index contributed by atoms with van der Waals surface area (Å²) in [7, 11) is 0. The van der Waals surface area contributed by atoms with Crippen molar-refractivity contribution in [2.45, 2.75) is 12.3 Å². The van der Waals surface area contributed by atoms with Crippen LogP contribution >= 0.6 is 0 Å². The second-order valence-electron chi connectivity index (χ2n) is 6.47. The summed E-state index contributed by atoms with van der Waals surface area (Å²) in [6, 6.07) is 19.4. The average molecular weight is 310 g/mol. The molecule has 0 radical (unpaired) electrons. The first kappa shape index (κ1) is 13.6. The fraction of sp³-hybridized carbons (Fsp3) is 0.136. The van der Waals surface area contributed by atoms with E-state index in [1.165, 1.54) is 33.8 Å². The first-order valence-corrected chi connectivity index (χ1v) is 8.42. The number of benzene rings is 2. The van der Waals surface area contributed by atoms with E-state index in [1.807, 2.05) is 6.08 Å². The maximum absolute atomic E-state index is 4.64. The van der Waals surface area contributed by atoms with Crippen LogP contribution in [0.15, 0.2) is 95.2 Å². The van der Waals surface area contributed by atoms with E-state index in [4.69, 9.17) is 0 Å². The fourth-order valence-corrected chi connectivity index (χ4v) is 4.15. The van der Waals surface area contributed by atoms with Crippen molar-refractivity contribution in [3.8, 4) is 0 Å². The molecule has 0 amide bonds. The summed E-state index contributed by atoms with van der Waals surface area (Å²) in [5, 5.41) is 0. The lowest BCUT2D eigenvalue weighted by Crippen LogP contribution is -2.18. The van der Waals surface area contributed by atoms with E-state index in [-0.39, 0.29) is 0 Å². The Hall–Kier alpha value is -2.87. The minimum absolute atomic E-state index is 0.406. The quantitative estimate of drug-likeness (QED) is 0.749. The SMILES string of the molecule is C=CC1=NCC2=C1CC1C(=C2)N(c2ccccc2)c2ccccc21. The summed E-state index contributed by atoms with van der Waals surface area (Å²) in [5.74, 6) is 0.406. The molecule has 0 saturated carbocycles. The number of nitrogens with zero attached hydrogens (tertiary/aromatic N) is 2. The average Bonchev–Trinajstić information content (AvgIpc) is 3.18. The molecule has 0 spiro atoms. The highest BCUT2D eigenvalue weighted by molar-refractivity contribution is 6.11. The number of para-hydroxylation sites is 2. The molecular formula is C22H18N2. The Morgan fingerprint density at radius 1 is 1.04 bits per heavy atom. The van der Waals surface area contributed by atoms with Gasteiger partial charge in [0.1, 0.15) is 0 Å². The zero-order valence-electron chi connectivity index (χ0n) is 13.4. The molecule has 2 nitrogen and oxygen atoms in total. The number of anilines is 2. The van der Waals surface area contributed by atoms with Crippen LogP contribution in [0, 0.1) is 0 Å². The molecule has 2 heteroatoms. The van der Waals surface area contributed by atoms with Gasteiger partial charge < -0.3 is 4.90 Å². The zero-order valence-corrected chi connectivity index (χ0v) is 13.4. The van der Waals surface area contributed by atoms with Crippen LogP contribution in [0.25, 0.3) is 0 Å². The topological polar surface area (TPSA) is 15.6 Å². The van der Waals surface area contributed by atoms with Crippen LogP contribution in [0.2, 0.25) is 0 Å². The minimum atomic E-state index is 0.406. The molecule has 5 rings (SSSR count). The summed E-state index contributed by atoms with van der Waals surface area (Å²) in [6.45, 7) is 4.71. The highest BCUT2D eigenvalue weighted by atomic mass is 15.2. The van der Waals surface area contributed by atoms with Gasteiger partial charge in [0.25, 0.3) is 0 Å². The first-order chi connectivity index (χ1) is 11.9. The van der Waals surface area contributed by atoms with Crippen LogP contribution < -0.4 is 4.90 Å². The predicted molar refractivity (Wildman–Crippen MR) is 100.0 cm³/mol. The minimum Gasteiger partial charge on any atom is -0.313 e. The molecule has 0 fully saturated rings. The van der Waals surface area contributed by atoms with Gasteiger partial charge in [-0.3, -0.25) is 4.99 Å². The number of hydrogen-bond acceptors (Lipinski definition) is 2. The van der Waals surface area contributed by atoms with Gasteiger partial charge in [-0.25, -0.2) is 0 Å². The number of allylic oxidation sites excluding steroid dienone is 3. The van der Waals surface area contributed by atoms with E-state index in [1.54, 1.807) is 0 Å². The molecule has 1 unspecified atom stereocenters. The molecule has 116 valence electrons. The Labute approximate surface area is 142 Å². The Kier molecular flexibility index (Phi) is 2.86. The van der Waals surface area contributed by atoms with Crippen LogP contribution in [-0.2, 0) is 0 Å². The molecule has 1 aliphatic carbocycles. The maximum atomic E-state index is 4.64. The lowest BCUT2D eigenvalue weighted by molar-refractivity contribution is 0.797. The summed E-state index contributed by atoms with van der Waals surface area (Å²) in [4.78, 5) is 7.05.